The van der Waals surface area contributed by atoms with Crippen molar-refractivity contribution in [3.8, 4) is 23.3 Å². The minimum absolute atomic E-state index is 0.0726. The predicted octanol–water partition coefficient (Wildman–Crippen LogP) is 4.25. The van der Waals surface area contributed by atoms with E-state index in [9.17, 15) is 20.4 Å². The number of nitrogens with two attached hydrogens (primary N) is 1. The van der Waals surface area contributed by atoms with E-state index in [1.165, 1.54) is 5.57 Å². The van der Waals surface area contributed by atoms with Crippen LogP contribution in [0.15, 0.2) is 72.2 Å². The normalized spacial score (nSPS) is 27.8. The lowest BCUT2D eigenvalue weighted by atomic mass is 9.79. The van der Waals surface area contributed by atoms with Crippen molar-refractivity contribution in [3.63, 3.8) is 0 Å². The van der Waals surface area contributed by atoms with Gasteiger partial charge >= 0.3 is 0 Å². The second-order valence-electron chi connectivity index (χ2n) is 12.4. The van der Waals surface area contributed by atoms with Crippen LogP contribution in [0.4, 0.5) is 0 Å². The molecule has 236 valence electrons. The van der Waals surface area contributed by atoms with Crippen LogP contribution in [0.25, 0.3) is 0 Å². The molecule has 0 spiro atoms. The number of phenols is 1. The average Bonchev–Trinajstić information content (AvgIpc) is 3.46. The van der Waals surface area contributed by atoms with Gasteiger partial charge in [0.15, 0.2) is 11.5 Å². The SMILES string of the molecule is NC1=CC([C@H](CCOc2cc([C@@H]3C=C[C@H]4C#C[C@@H](CCO)CCCC[C@H](O)[C@@H]4[C@H](O)C3)ccc2O)Cc2ccc[nH]2)=CCN1. The van der Waals surface area contributed by atoms with E-state index in [2.05, 4.69) is 40.4 Å². The van der Waals surface area contributed by atoms with Crippen LogP contribution in [-0.4, -0.2) is 57.4 Å². The Morgan fingerprint density at radius 1 is 1.07 bits per heavy atom. The Bertz CT molecular complexity index is 1370. The highest BCUT2D eigenvalue weighted by molar-refractivity contribution is 5.44. The molecule has 8 heteroatoms. The summed E-state index contributed by atoms with van der Waals surface area (Å²) in [5.41, 5.74) is 9.30. The van der Waals surface area contributed by atoms with Crippen LogP contribution in [0.5, 0.6) is 11.5 Å². The molecule has 8 N–H and O–H groups in total. The van der Waals surface area contributed by atoms with Gasteiger partial charge in [0.2, 0.25) is 0 Å². The van der Waals surface area contributed by atoms with E-state index in [4.69, 9.17) is 10.5 Å². The third-order valence-corrected chi connectivity index (χ3v) is 9.29. The number of aliphatic hydroxyl groups excluding tert-OH is 3. The highest BCUT2D eigenvalue weighted by Gasteiger charge is 2.36. The number of hydrogen-bond acceptors (Lipinski definition) is 7. The van der Waals surface area contributed by atoms with Gasteiger partial charge in [-0.15, -0.1) is 0 Å². The molecule has 0 bridgehead atoms. The lowest BCUT2D eigenvalue weighted by molar-refractivity contribution is -0.00709. The molecule has 0 saturated carbocycles. The summed E-state index contributed by atoms with van der Waals surface area (Å²) in [6.45, 7) is 1.21. The second kappa shape index (κ2) is 15.4. The largest absolute Gasteiger partial charge is 0.504 e. The molecule has 2 aromatic rings. The van der Waals surface area contributed by atoms with E-state index in [1.54, 1.807) is 6.07 Å². The molecule has 0 radical (unpaired) electrons. The van der Waals surface area contributed by atoms with Crippen LogP contribution in [0.1, 0.15) is 62.1 Å². The van der Waals surface area contributed by atoms with E-state index in [1.807, 2.05) is 36.5 Å². The molecule has 44 heavy (non-hydrogen) atoms. The number of aromatic amines is 1. The second-order valence-corrected chi connectivity index (χ2v) is 12.4. The van der Waals surface area contributed by atoms with Crippen molar-refractivity contribution in [2.75, 3.05) is 19.8 Å². The highest BCUT2D eigenvalue weighted by atomic mass is 16.5. The molecular formula is C36H47N3O5. The predicted molar refractivity (Wildman–Crippen MR) is 171 cm³/mol. The lowest BCUT2D eigenvalue weighted by Crippen LogP contribution is -2.36. The third-order valence-electron chi connectivity index (χ3n) is 9.29. The Morgan fingerprint density at radius 3 is 2.73 bits per heavy atom. The number of ether oxygens (including phenoxy) is 1. The molecule has 0 fully saturated rings. The Morgan fingerprint density at radius 2 is 1.93 bits per heavy atom. The van der Waals surface area contributed by atoms with Gasteiger partial charge in [-0.1, -0.05) is 49.0 Å². The zero-order valence-corrected chi connectivity index (χ0v) is 25.4. The molecule has 0 amide bonds. The summed E-state index contributed by atoms with van der Waals surface area (Å²) in [4.78, 5) is 3.29. The van der Waals surface area contributed by atoms with E-state index < -0.39 is 12.2 Å². The molecule has 0 unspecified atom stereocenters. The Kier molecular flexibility index (Phi) is 11.1. The third kappa shape index (κ3) is 8.29. The van der Waals surface area contributed by atoms with Crippen LogP contribution in [0, 0.1) is 35.5 Å². The quantitative estimate of drug-likeness (QED) is 0.159. The van der Waals surface area contributed by atoms with Crippen LogP contribution in [0.2, 0.25) is 0 Å². The molecule has 1 aliphatic heterocycles. The lowest BCUT2D eigenvalue weighted by Gasteiger charge is -2.31. The van der Waals surface area contributed by atoms with Crippen molar-refractivity contribution < 1.29 is 25.2 Å². The standard InChI is InChI=1S/C36H47N3O5/c37-35-23-28(13-17-39-35)29(20-30-5-3-16-38-30)15-19-44-34-22-27(11-12-31(34)41)26-10-9-25-8-7-24(14-18-40)4-1-2-6-32(42)36(25)33(43)21-26/h3,5,9-13,16,22-26,29,32-33,36,38-43H,1-2,4,6,14-15,17-21,37H2/t24-,25+,26+,29+,32-,33+,36+/m0/s1. The molecule has 5 rings (SSSR count). The topological polar surface area (TPSA) is 144 Å². The number of nitrogens with one attached hydrogen (secondary N) is 2. The highest BCUT2D eigenvalue weighted by Crippen LogP contribution is 2.39. The zero-order chi connectivity index (χ0) is 30.9. The van der Waals surface area contributed by atoms with Gasteiger partial charge in [-0.3, -0.25) is 0 Å². The molecule has 2 heterocycles. The monoisotopic (exact) mass is 601 g/mol. The van der Waals surface area contributed by atoms with Gasteiger partial charge in [-0.05, 0) is 85.9 Å². The Labute approximate surface area is 260 Å². The van der Waals surface area contributed by atoms with Crippen molar-refractivity contribution in [2.24, 2.45) is 29.4 Å². The van der Waals surface area contributed by atoms with Gasteiger partial charge in [0.1, 0.15) is 0 Å². The number of dihydropyridines is 1. The molecule has 0 saturated heterocycles. The summed E-state index contributed by atoms with van der Waals surface area (Å²) in [7, 11) is 0. The van der Waals surface area contributed by atoms with Gasteiger partial charge in [-0.2, -0.15) is 0 Å². The summed E-state index contributed by atoms with van der Waals surface area (Å²) in [6, 6.07) is 9.45. The van der Waals surface area contributed by atoms with Gasteiger partial charge in [0, 0.05) is 48.7 Å². The molecule has 3 aliphatic rings. The minimum Gasteiger partial charge on any atom is -0.504 e. The van der Waals surface area contributed by atoms with Gasteiger partial charge in [0.25, 0.3) is 0 Å². The number of hydrogen-bond donors (Lipinski definition) is 7. The van der Waals surface area contributed by atoms with E-state index in [0.29, 0.717) is 44.0 Å². The van der Waals surface area contributed by atoms with Crippen molar-refractivity contribution in [1.82, 2.24) is 10.3 Å². The van der Waals surface area contributed by atoms with E-state index >= 15 is 0 Å². The van der Waals surface area contributed by atoms with Crippen molar-refractivity contribution in [2.45, 2.75) is 69.5 Å². The molecule has 8 nitrogen and oxygen atoms in total. The summed E-state index contributed by atoms with van der Waals surface area (Å²) >= 11 is 0. The Hall–Kier alpha value is -3.64. The smallest absolute Gasteiger partial charge is 0.161 e. The molecule has 2 aliphatic carbocycles. The fraction of sp³-hybridized carbons (Fsp3) is 0.500. The number of aliphatic hydroxyl groups is 3. The van der Waals surface area contributed by atoms with Crippen LogP contribution in [0.3, 0.4) is 0 Å². The number of allylic oxidation sites excluding steroid dienone is 4. The summed E-state index contributed by atoms with van der Waals surface area (Å²) < 4.78 is 6.18. The first-order valence-corrected chi connectivity index (χ1v) is 16.1. The first kappa shape index (κ1) is 31.8. The average molecular weight is 602 g/mol. The Balaban J connectivity index is 1.30. The molecule has 7 atom stereocenters. The maximum atomic E-state index is 11.4. The first-order chi connectivity index (χ1) is 21.4. The maximum Gasteiger partial charge on any atom is 0.161 e. The van der Waals surface area contributed by atoms with Crippen LogP contribution in [-0.2, 0) is 6.42 Å². The number of phenolic OH excluding ortho intramolecular Hbond substituents is 1. The number of aromatic nitrogens is 1. The summed E-state index contributed by atoms with van der Waals surface area (Å²) in [6.07, 6.45) is 14.8. The molecular weight excluding hydrogens is 554 g/mol. The van der Waals surface area contributed by atoms with Gasteiger partial charge in [0.05, 0.1) is 24.6 Å². The maximum absolute atomic E-state index is 11.4. The van der Waals surface area contributed by atoms with Crippen LogP contribution < -0.4 is 15.8 Å². The van der Waals surface area contributed by atoms with Gasteiger partial charge < -0.3 is 41.2 Å². The minimum atomic E-state index is -0.745. The first-order valence-electron chi connectivity index (χ1n) is 16.1. The number of H-pyrrole nitrogens is 1. The van der Waals surface area contributed by atoms with Crippen LogP contribution >= 0.6 is 0 Å². The number of rotatable bonds is 10. The summed E-state index contributed by atoms with van der Waals surface area (Å²) in [5, 5.41) is 45.8. The van der Waals surface area contributed by atoms with E-state index in [0.717, 1.165) is 43.4 Å². The van der Waals surface area contributed by atoms with Crippen molar-refractivity contribution in [3.05, 3.63) is 83.5 Å². The number of fused-ring (bicyclic) bond motifs is 1. The molecule has 1 aromatic heterocycles. The fourth-order valence-corrected chi connectivity index (χ4v) is 6.80. The zero-order valence-electron chi connectivity index (χ0n) is 25.4. The fourth-order valence-electron chi connectivity index (χ4n) is 6.80. The van der Waals surface area contributed by atoms with Crippen molar-refractivity contribution in [1.29, 1.82) is 0 Å². The van der Waals surface area contributed by atoms with Gasteiger partial charge in [-0.25, -0.2) is 0 Å². The summed E-state index contributed by atoms with van der Waals surface area (Å²) in [5.74, 6) is 7.36. The number of aromatic hydroxyl groups is 1. The molecule has 1 aromatic carbocycles. The van der Waals surface area contributed by atoms with Crippen molar-refractivity contribution >= 4 is 0 Å². The van der Waals surface area contributed by atoms with E-state index in [-0.39, 0.29) is 41.9 Å². The number of benzene rings is 1.